The molecule has 1 aliphatic rings. The average molecular weight is 357 g/mol. The monoisotopic (exact) mass is 357 g/mol. The van der Waals surface area contributed by atoms with Crippen molar-refractivity contribution in [1.82, 2.24) is 5.32 Å². The van der Waals surface area contributed by atoms with E-state index in [2.05, 4.69) is 5.32 Å². The van der Waals surface area contributed by atoms with Crippen molar-refractivity contribution < 1.29 is 32.2 Å². The Balaban J connectivity index is 1.75. The van der Waals surface area contributed by atoms with Crippen molar-refractivity contribution in [2.24, 2.45) is 0 Å². The SMILES string of the molecule is O=C(COC(=O)/C=C/c1cccc(C(F)(F)F)c1)NC[C@H]1CCCO1. The highest BCUT2D eigenvalue weighted by Gasteiger charge is 2.30. The van der Waals surface area contributed by atoms with E-state index in [-0.39, 0.29) is 11.7 Å². The summed E-state index contributed by atoms with van der Waals surface area (Å²) in [6.45, 7) is 0.574. The standard InChI is InChI=1S/C17H18F3NO4/c18-17(19,20)13-4-1-3-12(9-13)6-7-16(23)25-11-15(22)21-10-14-5-2-8-24-14/h1,3-4,6-7,9,14H,2,5,8,10-11H2,(H,21,22)/b7-6+/t14-/m1/s1. The summed E-state index contributed by atoms with van der Waals surface area (Å²) in [5.41, 5.74) is -0.605. The Morgan fingerprint density at radius 3 is 2.84 bits per heavy atom. The van der Waals surface area contributed by atoms with Gasteiger partial charge in [0.1, 0.15) is 0 Å². The van der Waals surface area contributed by atoms with Gasteiger partial charge in [-0.2, -0.15) is 13.2 Å². The highest BCUT2D eigenvalue weighted by Crippen LogP contribution is 2.29. The van der Waals surface area contributed by atoms with E-state index in [9.17, 15) is 22.8 Å². The second-order valence-corrected chi connectivity index (χ2v) is 5.50. The van der Waals surface area contributed by atoms with E-state index >= 15 is 0 Å². The Kier molecular flexibility index (Phi) is 6.58. The third kappa shape index (κ3) is 6.58. The number of benzene rings is 1. The van der Waals surface area contributed by atoms with E-state index in [1.807, 2.05) is 0 Å². The lowest BCUT2D eigenvalue weighted by molar-refractivity contribution is -0.143. The van der Waals surface area contributed by atoms with Crippen molar-refractivity contribution in [3.63, 3.8) is 0 Å². The van der Waals surface area contributed by atoms with E-state index in [1.165, 1.54) is 18.2 Å². The van der Waals surface area contributed by atoms with Gasteiger partial charge in [-0.15, -0.1) is 0 Å². The van der Waals surface area contributed by atoms with Gasteiger partial charge in [0.15, 0.2) is 6.61 Å². The molecule has 0 aromatic heterocycles. The number of esters is 1. The van der Waals surface area contributed by atoms with Gasteiger partial charge in [0.05, 0.1) is 11.7 Å². The maximum Gasteiger partial charge on any atom is 0.416 e. The van der Waals surface area contributed by atoms with Crippen LogP contribution in [0.2, 0.25) is 0 Å². The van der Waals surface area contributed by atoms with Crippen LogP contribution in [-0.2, 0) is 25.2 Å². The first-order valence-electron chi connectivity index (χ1n) is 7.75. The number of hydrogen-bond acceptors (Lipinski definition) is 4. The van der Waals surface area contributed by atoms with E-state index in [0.29, 0.717) is 13.2 Å². The van der Waals surface area contributed by atoms with Gasteiger partial charge >= 0.3 is 12.1 Å². The number of amides is 1. The van der Waals surface area contributed by atoms with Gasteiger partial charge in [0.25, 0.3) is 5.91 Å². The van der Waals surface area contributed by atoms with Crippen molar-refractivity contribution in [3.05, 3.63) is 41.5 Å². The van der Waals surface area contributed by atoms with Crippen molar-refractivity contribution in [1.29, 1.82) is 0 Å². The zero-order valence-corrected chi connectivity index (χ0v) is 13.3. The molecule has 5 nitrogen and oxygen atoms in total. The smallest absolute Gasteiger partial charge is 0.416 e. The second kappa shape index (κ2) is 8.66. The Hall–Kier alpha value is -2.35. The Morgan fingerprint density at radius 1 is 1.36 bits per heavy atom. The quantitative estimate of drug-likeness (QED) is 0.628. The average Bonchev–Trinajstić information content (AvgIpc) is 3.09. The van der Waals surface area contributed by atoms with Crippen molar-refractivity contribution in [3.8, 4) is 0 Å². The summed E-state index contributed by atoms with van der Waals surface area (Å²) in [5, 5.41) is 2.59. The number of ether oxygens (including phenoxy) is 2. The Labute approximate surface area is 142 Å². The van der Waals surface area contributed by atoms with Gasteiger partial charge in [-0.1, -0.05) is 12.1 Å². The molecule has 1 amide bonds. The number of alkyl halides is 3. The lowest BCUT2D eigenvalue weighted by Gasteiger charge is -2.10. The first-order chi connectivity index (χ1) is 11.8. The molecule has 0 unspecified atom stereocenters. The van der Waals surface area contributed by atoms with Gasteiger partial charge in [-0.25, -0.2) is 4.79 Å². The van der Waals surface area contributed by atoms with Crippen LogP contribution < -0.4 is 5.32 Å². The van der Waals surface area contributed by atoms with Crippen LogP contribution in [0.5, 0.6) is 0 Å². The minimum atomic E-state index is -4.45. The highest BCUT2D eigenvalue weighted by molar-refractivity contribution is 5.89. The number of carbonyl (C=O) groups is 2. The van der Waals surface area contributed by atoms with E-state index in [1.54, 1.807) is 0 Å². The normalized spacial score (nSPS) is 17.6. The van der Waals surface area contributed by atoms with Crippen LogP contribution in [0.25, 0.3) is 6.08 Å². The summed E-state index contributed by atoms with van der Waals surface area (Å²) in [7, 11) is 0. The molecule has 0 spiro atoms. The molecule has 1 aromatic rings. The third-order valence-electron chi connectivity index (χ3n) is 3.52. The number of hydrogen-bond donors (Lipinski definition) is 1. The molecule has 0 radical (unpaired) electrons. The summed E-state index contributed by atoms with van der Waals surface area (Å²) in [6, 6.07) is 4.52. The van der Waals surface area contributed by atoms with Crippen LogP contribution in [0.3, 0.4) is 0 Å². The third-order valence-corrected chi connectivity index (χ3v) is 3.52. The molecule has 1 N–H and O–H groups in total. The summed E-state index contributed by atoms with van der Waals surface area (Å²) < 4.78 is 47.8. The molecule has 2 rings (SSSR count). The molecule has 1 saturated heterocycles. The van der Waals surface area contributed by atoms with Crippen LogP contribution in [0, 0.1) is 0 Å². The first kappa shape index (κ1) is 19.0. The zero-order chi connectivity index (χ0) is 18.3. The molecule has 1 aliphatic heterocycles. The molecular formula is C17H18F3NO4. The van der Waals surface area contributed by atoms with Crippen LogP contribution >= 0.6 is 0 Å². The van der Waals surface area contributed by atoms with Gasteiger partial charge < -0.3 is 14.8 Å². The minimum absolute atomic E-state index is 0.0135. The second-order valence-electron chi connectivity index (χ2n) is 5.50. The maximum absolute atomic E-state index is 12.6. The fourth-order valence-corrected chi connectivity index (χ4v) is 2.25. The van der Waals surface area contributed by atoms with Gasteiger partial charge in [0, 0.05) is 19.2 Å². The van der Waals surface area contributed by atoms with Crippen LogP contribution in [-0.4, -0.2) is 37.7 Å². The van der Waals surface area contributed by atoms with Crippen molar-refractivity contribution in [2.75, 3.05) is 19.8 Å². The predicted molar refractivity (Wildman–Crippen MR) is 83.4 cm³/mol. The van der Waals surface area contributed by atoms with Gasteiger partial charge in [-0.05, 0) is 36.6 Å². The molecule has 1 atom stereocenters. The lowest BCUT2D eigenvalue weighted by Crippen LogP contribution is -2.34. The number of halogens is 3. The van der Waals surface area contributed by atoms with Crippen molar-refractivity contribution in [2.45, 2.75) is 25.1 Å². The number of carbonyl (C=O) groups excluding carboxylic acids is 2. The molecule has 0 saturated carbocycles. The molecule has 1 aromatic carbocycles. The Bertz CT molecular complexity index is 637. The van der Waals surface area contributed by atoms with Gasteiger partial charge in [0.2, 0.25) is 0 Å². The lowest BCUT2D eigenvalue weighted by atomic mass is 10.1. The fourth-order valence-electron chi connectivity index (χ4n) is 2.25. The molecular weight excluding hydrogens is 339 g/mol. The van der Waals surface area contributed by atoms with Crippen molar-refractivity contribution >= 4 is 18.0 Å². The van der Waals surface area contributed by atoms with E-state index < -0.39 is 30.2 Å². The first-order valence-corrected chi connectivity index (χ1v) is 7.75. The van der Waals surface area contributed by atoms with Gasteiger partial charge in [-0.3, -0.25) is 4.79 Å². The Morgan fingerprint density at radius 2 is 2.16 bits per heavy atom. The topological polar surface area (TPSA) is 64.6 Å². The predicted octanol–water partition coefficient (Wildman–Crippen LogP) is 2.56. The maximum atomic E-state index is 12.6. The molecule has 1 heterocycles. The van der Waals surface area contributed by atoms with Crippen LogP contribution in [0.1, 0.15) is 24.0 Å². The number of rotatable bonds is 6. The summed E-state index contributed by atoms with van der Waals surface area (Å²) in [4.78, 5) is 23.1. The highest BCUT2D eigenvalue weighted by atomic mass is 19.4. The largest absolute Gasteiger partial charge is 0.452 e. The molecule has 25 heavy (non-hydrogen) atoms. The zero-order valence-electron chi connectivity index (χ0n) is 13.3. The summed E-state index contributed by atoms with van der Waals surface area (Å²) >= 11 is 0. The molecule has 8 heteroatoms. The van der Waals surface area contributed by atoms with Crippen LogP contribution in [0.15, 0.2) is 30.3 Å². The molecule has 0 aliphatic carbocycles. The summed E-state index contributed by atoms with van der Waals surface area (Å²) in [6.07, 6.45) is -0.466. The van der Waals surface area contributed by atoms with E-state index in [4.69, 9.17) is 9.47 Å². The number of nitrogens with one attached hydrogen (secondary N) is 1. The van der Waals surface area contributed by atoms with Crippen LogP contribution in [0.4, 0.5) is 13.2 Å². The summed E-state index contributed by atoms with van der Waals surface area (Å²) in [5.74, 6) is -1.28. The molecule has 1 fully saturated rings. The molecule has 136 valence electrons. The van der Waals surface area contributed by atoms with E-state index in [0.717, 1.165) is 31.1 Å². The molecule has 0 bridgehead atoms. The minimum Gasteiger partial charge on any atom is -0.452 e. The fraction of sp³-hybridized carbons (Fsp3) is 0.412.